The first-order valence-electron chi connectivity index (χ1n) is 8.77. The maximum absolute atomic E-state index is 13.7. The molecule has 0 bridgehead atoms. The summed E-state index contributed by atoms with van der Waals surface area (Å²) in [5.74, 6) is -0.998. The van der Waals surface area contributed by atoms with Crippen LogP contribution in [0.25, 0.3) is 0 Å². The monoisotopic (exact) mass is 428 g/mol. The van der Waals surface area contributed by atoms with Crippen LogP contribution in [0, 0.1) is 12.7 Å². The number of benzene rings is 3. The zero-order valence-corrected chi connectivity index (χ0v) is 17.1. The second kappa shape index (κ2) is 9.58. The molecule has 148 valence electrons. The summed E-state index contributed by atoms with van der Waals surface area (Å²) in [4.78, 5) is 25.2. The van der Waals surface area contributed by atoms with Crippen LogP contribution < -0.4 is 10.6 Å². The average molecular weight is 429 g/mol. The Balaban J connectivity index is 1.54. The van der Waals surface area contributed by atoms with Crippen molar-refractivity contribution in [1.82, 2.24) is 0 Å². The molecule has 4 nitrogen and oxygen atoms in total. The van der Waals surface area contributed by atoms with Crippen molar-refractivity contribution in [3.63, 3.8) is 0 Å². The largest absolute Gasteiger partial charge is 0.325 e. The zero-order valence-electron chi connectivity index (χ0n) is 15.5. The molecule has 0 radical (unpaired) electrons. The van der Waals surface area contributed by atoms with Crippen LogP contribution in [0.15, 0.2) is 71.6 Å². The van der Waals surface area contributed by atoms with Gasteiger partial charge in [0.15, 0.2) is 0 Å². The molecule has 2 N–H and O–H groups in total. The summed E-state index contributed by atoms with van der Waals surface area (Å²) in [6.45, 7) is 1.90. The van der Waals surface area contributed by atoms with Gasteiger partial charge in [0.2, 0.25) is 5.91 Å². The fraction of sp³-hybridized carbons (Fsp3) is 0.0909. The Labute approximate surface area is 177 Å². The van der Waals surface area contributed by atoms with E-state index >= 15 is 0 Å². The normalized spacial score (nSPS) is 10.4. The van der Waals surface area contributed by atoms with E-state index in [2.05, 4.69) is 10.6 Å². The third kappa shape index (κ3) is 5.82. The first-order chi connectivity index (χ1) is 13.9. The van der Waals surface area contributed by atoms with Gasteiger partial charge in [-0.1, -0.05) is 29.8 Å². The molecule has 0 atom stereocenters. The van der Waals surface area contributed by atoms with Crippen molar-refractivity contribution in [2.45, 2.75) is 11.8 Å². The molecular formula is C22H18ClFN2O2S. The smallest absolute Gasteiger partial charge is 0.258 e. The van der Waals surface area contributed by atoms with Crippen LogP contribution in [-0.2, 0) is 4.79 Å². The Morgan fingerprint density at radius 1 is 1.00 bits per heavy atom. The summed E-state index contributed by atoms with van der Waals surface area (Å²) in [7, 11) is 0. The van der Waals surface area contributed by atoms with Crippen molar-refractivity contribution in [1.29, 1.82) is 0 Å². The molecule has 0 fully saturated rings. The number of amides is 2. The molecule has 7 heteroatoms. The van der Waals surface area contributed by atoms with Gasteiger partial charge in [-0.05, 0) is 61.0 Å². The van der Waals surface area contributed by atoms with Crippen LogP contribution in [-0.4, -0.2) is 17.6 Å². The van der Waals surface area contributed by atoms with Crippen molar-refractivity contribution < 1.29 is 14.0 Å². The van der Waals surface area contributed by atoms with E-state index < -0.39 is 11.7 Å². The van der Waals surface area contributed by atoms with Gasteiger partial charge in [0.05, 0.1) is 11.3 Å². The van der Waals surface area contributed by atoms with Gasteiger partial charge in [-0.15, -0.1) is 11.8 Å². The molecule has 0 unspecified atom stereocenters. The topological polar surface area (TPSA) is 58.2 Å². The summed E-state index contributed by atoms with van der Waals surface area (Å²) < 4.78 is 13.7. The van der Waals surface area contributed by atoms with Gasteiger partial charge in [0.25, 0.3) is 5.91 Å². The maximum Gasteiger partial charge on any atom is 0.258 e. The van der Waals surface area contributed by atoms with Crippen molar-refractivity contribution in [2.24, 2.45) is 0 Å². The number of aryl methyl sites for hydroxylation is 1. The standard InChI is InChI=1S/C22H18ClFN2O2S/c1-14-6-7-15(23)12-20(14)26-21(27)13-29-17-10-8-16(9-11-17)25-22(28)18-4-2-3-5-19(18)24/h2-12H,13H2,1H3,(H,25,28)(H,26,27). The van der Waals surface area contributed by atoms with Crippen molar-refractivity contribution >= 4 is 46.6 Å². The predicted octanol–water partition coefficient (Wildman–Crippen LogP) is 5.77. The quantitative estimate of drug-likeness (QED) is 0.490. The van der Waals surface area contributed by atoms with Crippen molar-refractivity contribution in [3.05, 3.63) is 88.7 Å². The van der Waals surface area contributed by atoms with Gasteiger partial charge in [0, 0.05) is 21.3 Å². The zero-order chi connectivity index (χ0) is 20.8. The summed E-state index contributed by atoms with van der Waals surface area (Å²) >= 11 is 7.33. The minimum absolute atomic E-state index is 0.0149. The summed E-state index contributed by atoms with van der Waals surface area (Å²) in [6.07, 6.45) is 0. The molecule has 0 saturated heterocycles. The second-order valence-corrected chi connectivity index (χ2v) is 7.74. The maximum atomic E-state index is 13.7. The van der Waals surface area contributed by atoms with Crippen LogP contribution in [0.2, 0.25) is 5.02 Å². The predicted molar refractivity (Wildman–Crippen MR) is 116 cm³/mol. The van der Waals surface area contributed by atoms with E-state index in [0.717, 1.165) is 10.5 Å². The highest BCUT2D eigenvalue weighted by Gasteiger charge is 2.11. The van der Waals surface area contributed by atoms with E-state index in [0.29, 0.717) is 16.4 Å². The fourth-order valence-electron chi connectivity index (χ4n) is 2.54. The summed E-state index contributed by atoms with van der Waals surface area (Å²) in [5, 5.41) is 6.06. The van der Waals surface area contributed by atoms with Crippen LogP contribution in [0.4, 0.5) is 15.8 Å². The van der Waals surface area contributed by atoms with E-state index in [1.54, 1.807) is 42.5 Å². The van der Waals surface area contributed by atoms with Crippen molar-refractivity contribution in [3.8, 4) is 0 Å². The van der Waals surface area contributed by atoms with Crippen LogP contribution >= 0.6 is 23.4 Å². The fourth-order valence-corrected chi connectivity index (χ4v) is 3.41. The Morgan fingerprint density at radius 2 is 1.72 bits per heavy atom. The Kier molecular flexibility index (Phi) is 6.90. The van der Waals surface area contributed by atoms with E-state index in [9.17, 15) is 14.0 Å². The van der Waals surface area contributed by atoms with E-state index in [-0.39, 0.29) is 17.2 Å². The first kappa shape index (κ1) is 20.9. The SMILES string of the molecule is Cc1ccc(Cl)cc1NC(=O)CSc1ccc(NC(=O)c2ccccc2F)cc1. The molecule has 0 saturated carbocycles. The molecule has 0 heterocycles. The molecule has 3 rings (SSSR count). The third-order valence-electron chi connectivity index (χ3n) is 4.07. The highest BCUT2D eigenvalue weighted by Crippen LogP contribution is 2.23. The number of anilines is 2. The van der Waals surface area contributed by atoms with Gasteiger partial charge in [-0.25, -0.2) is 4.39 Å². The number of halogens is 2. The lowest BCUT2D eigenvalue weighted by Gasteiger charge is -2.09. The molecular weight excluding hydrogens is 411 g/mol. The number of carbonyl (C=O) groups is 2. The molecule has 0 aliphatic rings. The first-order valence-corrected chi connectivity index (χ1v) is 10.1. The van der Waals surface area contributed by atoms with Gasteiger partial charge < -0.3 is 10.6 Å². The molecule has 3 aromatic carbocycles. The van der Waals surface area contributed by atoms with Crippen LogP contribution in [0.5, 0.6) is 0 Å². The van der Waals surface area contributed by atoms with Gasteiger partial charge in [-0.2, -0.15) is 0 Å². The summed E-state index contributed by atoms with van der Waals surface area (Å²) in [6, 6.07) is 18.1. The van der Waals surface area contributed by atoms with E-state index in [1.165, 1.54) is 30.0 Å². The molecule has 2 amide bonds. The van der Waals surface area contributed by atoms with E-state index in [1.807, 2.05) is 13.0 Å². The minimum atomic E-state index is -0.571. The van der Waals surface area contributed by atoms with Gasteiger partial charge in [0.1, 0.15) is 5.82 Å². The highest BCUT2D eigenvalue weighted by molar-refractivity contribution is 8.00. The second-order valence-electron chi connectivity index (χ2n) is 6.25. The third-order valence-corrected chi connectivity index (χ3v) is 5.32. The number of hydrogen-bond donors (Lipinski definition) is 2. The number of hydrogen-bond acceptors (Lipinski definition) is 3. The van der Waals surface area contributed by atoms with E-state index in [4.69, 9.17) is 11.6 Å². The number of thioether (sulfide) groups is 1. The number of carbonyl (C=O) groups excluding carboxylic acids is 2. The number of nitrogens with one attached hydrogen (secondary N) is 2. The Bertz CT molecular complexity index is 1040. The summed E-state index contributed by atoms with van der Waals surface area (Å²) in [5.41, 5.74) is 2.15. The number of rotatable bonds is 6. The molecule has 0 spiro atoms. The molecule has 0 aliphatic heterocycles. The van der Waals surface area contributed by atoms with Crippen LogP contribution in [0.1, 0.15) is 15.9 Å². The highest BCUT2D eigenvalue weighted by atomic mass is 35.5. The lowest BCUT2D eigenvalue weighted by atomic mass is 10.2. The molecule has 0 aliphatic carbocycles. The average Bonchev–Trinajstić information content (AvgIpc) is 2.70. The lowest BCUT2D eigenvalue weighted by Crippen LogP contribution is -2.15. The Hall–Kier alpha value is -2.83. The molecule has 29 heavy (non-hydrogen) atoms. The molecule has 0 aromatic heterocycles. The van der Waals surface area contributed by atoms with Crippen LogP contribution in [0.3, 0.4) is 0 Å². The van der Waals surface area contributed by atoms with Gasteiger partial charge in [-0.3, -0.25) is 9.59 Å². The lowest BCUT2D eigenvalue weighted by molar-refractivity contribution is -0.113. The minimum Gasteiger partial charge on any atom is -0.325 e. The molecule has 3 aromatic rings. The Morgan fingerprint density at radius 3 is 2.45 bits per heavy atom. The van der Waals surface area contributed by atoms with Crippen molar-refractivity contribution in [2.75, 3.05) is 16.4 Å². The van der Waals surface area contributed by atoms with Gasteiger partial charge >= 0.3 is 0 Å².